The number of benzene rings is 1. The van der Waals surface area contributed by atoms with Crippen molar-refractivity contribution in [1.82, 2.24) is 5.32 Å². The van der Waals surface area contributed by atoms with Crippen LogP contribution in [0.15, 0.2) is 24.3 Å². The van der Waals surface area contributed by atoms with Crippen LogP contribution in [0.1, 0.15) is 33.1 Å². The average molecular weight is 290 g/mol. The maximum absolute atomic E-state index is 12.2. The lowest BCUT2D eigenvalue weighted by atomic mass is 10.2. The van der Waals surface area contributed by atoms with E-state index in [-0.39, 0.29) is 18.4 Å². The number of ether oxygens (including phenoxy) is 1. The second-order valence-electron chi connectivity index (χ2n) is 5.21. The summed E-state index contributed by atoms with van der Waals surface area (Å²) in [6, 6.07) is 7.29. The van der Waals surface area contributed by atoms with Crippen molar-refractivity contribution in [3.8, 4) is 5.75 Å². The molecule has 1 aliphatic heterocycles. The van der Waals surface area contributed by atoms with E-state index in [1.54, 1.807) is 13.0 Å². The van der Waals surface area contributed by atoms with E-state index in [4.69, 9.17) is 4.74 Å². The van der Waals surface area contributed by atoms with Crippen molar-refractivity contribution < 1.29 is 14.3 Å². The molecule has 2 amide bonds. The molecule has 1 unspecified atom stereocenters. The molecule has 114 valence electrons. The van der Waals surface area contributed by atoms with Gasteiger partial charge >= 0.3 is 0 Å². The van der Waals surface area contributed by atoms with Gasteiger partial charge in [0.2, 0.25) is 5.91 Å². The number of carbonyl (C=O) groups is 2. The quantitative estimate of drug-likeness (QED) is 0.816. The zero-order chi connectivity index (χ0) is 15.2. The molecule has 5 nitrogen and oxygen atoms in total. The summed E-state index contributed by atoms with van der Waals surface area (Å²) < 4.78 is 5.55. The topological polar surface area (TPSA) is 58.6 Å². The number of fused-ring (bicyclic) bond motifs is 1. The third-order valence-corrected chi connectivity index (χ3v) is 3.48. The van der Waals surface area contributed by atoms with Crippen LogP contribution in [-0.2, 0) is 9.59 Å². The molecule has 1 N–H and O–H groups in total. The summed E-state index contributed by atoms with van der Waals surface area (Å²) in [5, 5.41) is 2.86. The molecule has 0 spiro atoms. The number of amides is 2. The fourth-order valence-corrected chi connectivity index (χ4v) is 2.32. The van der Waals surface area contributed by atoms with Gasteiger partial charge in [0.15, 0.2) is 6.10 Å². The fourth-order valence-electron chi connectivity index (χ4n) is 2.32. The number of nitrogens with one attached hydrogen (secondary N) is 1. The second kappa shape index (κ2) is 7.11. The van der Waals surface area contributed by atoms with E-state index < -0.39 is 6.10 Å². The number of para-hydroxylation sites is 2. The summed E-state index contributed by atoms with van der Waals surface area (Å²) in [6.07, 6.45) is 2.61. The molecule has 0 saturated carbocycles. The minimum absolute atomic E-state index is 0.0374. The minimum Gasteiger partial charge on any atom is -0.479 e. The first-order valence-electron chi connectivity index (χ1n) is 7.47. The van der Waals surface area contributed by atoms with Crippen LogP contribution in [0.5, 0.6) is 5.75 Å². The Bertz CT molecular complexity index is 516. The summed E-state index contributed by atoms with van der Waals surface area (Å²) in [6.45, 7) is 4.51. The Kier molecular flexibility index (Phi) is 5.20. The van der Waals surface area contributed by atoms with Crippen LogP contribution in [0.3, 0.4) is 0 Å². The molecule has 1 aromatic carbocycles. The SMILES string of the molecule is CCCCCNC(=O)CN1C(=O)C(C)Oc2ccccc21. The van der Waals surface area contributed by atoms with Crippen LogP contribution in [0, 0.1) is 0 Å². The van der Waals surface area contributed by atoms with E-state index in [2.05, 4.69) is 12.2 Å². The fraction of sp³-hybridized carbons (Fsp3) is 0.500. The summed E-state index contributed by atoms with van der Waals surface area (Å²) in [7, 11) is 0. The van der Waals surface area contributed by atoms with Gasteiger partial charge in [-0.05, 0) is 25.5 Å². The Labute approximate surface area is 125 Å². The molecule has 21 heavy (non-hydrogen) atoms. The lowest BCUT2D eigenvalue weighted by molar-refractivity contribution is -0.128. The Morgan fingerprint density at radius 1 is 1.33 bits per heavy atom. The monoisotopic (exact) mass is 290 g/mol. The van der Waals surface area contributed by atoms with Crippen molar-refractivity contribution >= 4 is 17.5 Å². The zero-order valence-corrected chi connectivity index (χ0v) is 12.6. The van der Waals surface area contributed by atoms with E-state index in [1.165, 1.54) is 4.90 Å². The van der Waals surface area contributed by atoms with Crippen LogP contribution in [0.25, 0.3) is 0 Å². The number of anilines is 1. The lowest BCUT2D eigenvalue weighted by Crippen LogP contribution is -2.48. The minimum atomic E-state index is -0.562. The Balaban J connectivity index is 2.01. The van der Waals surface area contributed by atoms with Gasteiger partial charge in [-0.25, -0.2) is 0 Å². The van der Waals surface area contributed by atoms with Crippen LogP contribution in [0.4, 0.5) is 5.69 Å². The predicted octanol–water partition coefficient (Wildman–Crippen LogP) is 2.11. The standard InChI is InChI=1S/C16H22N2O3/c1-3-4-7-10-17-15(19)11-18-13-8-5-6-9-14(13)21-12(2)16(18)20/h5-6,8-9,12H,3-4,7,10-11H2,1-2H3,(H,17,19). The van der Waals surface area contributed by atoms with Gasteiger partial charge < -0.3 is 10.1 Å². The molecule has 1 aliphatic rings. The Morgan fingerprint density at radius 2 is 2.10 bits per heavy atom. The van der Waals surface area contributed by atoms with Crippen molar-refractivity contribution in [2.45, 2.75) is 39.2 Å². The van der Waals surface area contributed by atoms with E-state index in [1.807, 2.05) is 18.2 Å². The van der Waals surface area contributed by atoms with Gasteiger partial charge in [0, 0.05) is 6.54 Å². The number of carbonyl (C=O) groups excluding carboxylic acids is 2. The van der Waals surface area contributed by atoms with E-state index in [0.29, 0.717) is 18.0 Å². The van der Waals surface area contributed by atoms with Crippen molar-refractivity contribution in [2.24, 2.45) is 0 Å². The molecule has 0 aromatic heterocycles. The summed E-state index contributed by atoms with van der Waals surface area (Å²) in [5.41, 5.74) is 0.657. The molecule has 0 radical (unpaired) electrons. The number of rotatable bonds is 6. The average Bonchev–Trinajstić information content (AvgIpc) is 2.48. The van der Waals surface area contributed by atoms with Gasteiger partial charge in [-0.3, -0.25) is 14.5 Å². The molecular weight excluding hydrogens is 268 g/mol. The number of unbranched alkanes of at least 4 members (excludes halogenated alkanes) is 2. The molecule has 2 rings (SSSR count). The van der Waals surface area contributed by atoms with Crippen LogP contribution < -0.4 is 15.0 Å². The van der Waals surface area contributed by atoms with Crippen LogP contribution in [-0.4, -0.2) is 31.0 Å². The van der Waals surface area contributed by atoms with Crippen molar-refractivity contribution in [1.29, 1.82) is 0 Å². The predicted molar refractivity (Wildman–Crippen MR) is 81.4 cm³/mol. The normalized spacial score (nSPS) is 17.1. The summed E-state index contributed by atoms with van der Waals surface area (Å²) >= 11 is 0. The molecule has 1 aromatic rings. The van der Waals surface area contributed by atoms with Gasteiger partial charge in [0.05, 0.1) is 5.69 Å². The van der Waals surface area contributed by atoms with Gasteiger partial charge in [-0.1, -0.05) is 31.9 Å². The molecule has 0 fully saturated rings. The molecule has 1 atom stereocenters. The number of nitrogens with zero attached hydrogens (tertiary/aromatic N) is 1. The smallest absolute Gasteiger partial charge is 0.268 e. The van der Waals surface area contributed by atoms with Crippen LogP contribution >= 0.6 is 0 Å². The zero-order valence-electron chi connectivity index (χ0n) is 12.6. The molecule has 1 heterocycles. The number of hydrogen-bond acceptors (Lipinski definition) is 3. The first-order chi connectivity index (χ1) is 10.1. The maximum atomic E-state index is 12.2. The first kappa shape index (κ1) is 15.4. The van der Waals surface area contributed by atoms with Gasteiger partial charge in [-0.2, -0.15) is 0 Å². The highest BCUT2D eigenvalue weighted by atomic mass is 16.5. The van der Waals surface area contributed by atoms with Crippen molar-refractivity contribution in [2.75, 3.05) is 18.0 Å². The Morgan fingerprint density at radius 3 is 2.86 bits per heavy atom. The van der Waals surface area contributed by atoms with E-state index in [0.717, 1.165) is 19.3 Å². The van der Waals surface area contributed by atoms with Gasteiger partial charge in [0.25, 0.3) is 5.91 Å². The second-order valence-corrected chi connectivity index (χ2v) is 5.21. The summed E-state index contributed by atoms with van der Waals surface area (Å²) in [4.78, 5) is 25.7. The van der Waals surface area contributed by atoms with Crippen molar-refractivity contribution in [3.05, 3.63) is 24.3 Å². The third-order valence-electron chi connectivity index (χ3n) is 3.48. The highest BCUT2D eigenvalue weighted by Crippen LogP contribution is 2.33. The summed E-state index contributed by atoms with van der Waals surface area (Å²) in [5.74, 6) is 0.323. The number of hydrogen-bond donors (Lipinski definition) is 1. The molecular formula is C16H22N2O3. The third kappa shape index (κ3) is 3.74. The van der Waals surface area contributed by atoms with Gasteiger partial charge in [0.1, 0.15) is 12.3 Å². The molecule has 5 heteroatoms. The first-order valence-corrected chi connectivity index (χ1v) is 7.47. The van der Waals surface area contributed by atoms with Crippen LogP contribution in [0.2, 0.25) is 0 Å². The Hall–Kier alpha value is -2.04. The molecule has 0 aliphatic carbocycles. The molecule has 0 saturated heterocycles. The maximum Gasteiger partial charge on any atom is 0.268 e. The van der Waals surface area contributed by atoms with Crippen molar-refractivity contribution in [3.63, 3.8) is 0 Å². The lowest BCUT2D eigenvalue weighted by Gasteiger charge is -2.32. The highest BCUT2D eigenvalue weighted by molar-refractivity contribution is 6.03. The van der Waals surface area contributed by atoms with Gasteiger partial charge in [-0.15, -0.1) is 0 Å². The highest BCUT2D eigenvalue weighted by Gasteiger charge is 2.32. The largest absolute Gasteiger partial charge is 0.479 e. The van der Waals surface area contributed by atoms with E-state index >= 15 is 0 Å². The van der Waals surface area contributed by atoms with E-state index in [9.17, 15) is 9.59 Å². The molecule has 0 bridgehead atoms.